The van der Waals surface area contributed by atoms with Crippen molar-refractivity contribution in [2.24, 2.45) is 0 Å². The molecule has 0 bridgehead atoms. The van der Waals surface area contributed by atoms with E-state index < -0.39 is 0 Å². The van der Waals surface area contributed by atoms with Crippen molar-refractivity contribution in [2.75, 3.05) is 0 Å². The number of halogens is 1. The van der Waals surface area contributed by atoms with Gasteiger partial charge in [0.25, 0.3) is 0 Å². The number of rotatable bonds is 0. The van der Waals surface area contributed by atoms with E-state index in [1.165, 1.54) is 0 Å². The van der Waals surface area contributed by atoms with Crippen LogP contribution in [0.4, 0.5) is 0 Å². The van der Waals surface area contributed by atoms with Gasteiger partial charge in [0.05, 0.1) is 0 Å². The fraction of sp³-hybridized carbons (Fsp3) is 0. The van der Waals surface area contributed by atoms with Crippen molar-refractivity contribution in [1.82, 2.24) is 4.98 Å². The molecule has 0 aliphatic carbocycles. The van der Waals surface area contributed by atoms with Gasteiger partial charge in [0.2, 0.25) is 0 Å². The summed E-state index contributed by atoms with van der Waals surface area (Å²) in [6, 6.07) is 5.71. The zero-order valence-corrected chi connectivity index (χ0v) is 8.44. The van der Waals surface area contributed by atoms with Crippen molar-refractivity contribution >= 4 is 60.3 Å². The predicted octanol–water partition coefficient (Wildman–Crippen LogP) is 0.529. The third kappa shape index (κ3) is 2.13. The van der Waals surface area contributed by atoms with Crippen LogP contribution in [0, 0.1) is 0 Å². The number of aromatic nitrogens is 1. The monoisotopic (exact) mass is 151 g/mol. The van der Waals surface area contributed by atoms with Gasteiger partial charge in [-0.2, -0.15) is 0 Å². The molecular weight excluding hydrogens is 149 g/mol. The third-order valence-corrected chi connectivity index (χ3v) is 1.93. The Labute approximate surface area is 87.0 Å². The quantitative estimate of drug-likeness (QED) is 0.390. The first-order valence-corrected chi connectivity index (χ1v) is 4.32. The van der Waals surface area contributed by atoms with E-state index in [-0.39, 0.29) is 0 Å². The van der Waals surface area contributed by atoms with Crippen LogP contribution < -0.4 is -0.212 Å². The van der Waals surface area contributed by atoms with E-state index in [2.05, 4.69) is 4.98 Å². The van der Waals surface area contributed by atoms with E-state index in [1.807, 2.05) is 12.1 Å². The van der Waals surface area contributed by atoms with Crippen LogP contribution in [0.3, 0.4) is 0 Å². The predicted molar refractivity (Wildman–Crippen MR) is 34.6 cm³/mol. The van der Waals surface area contributed by atoms with E-state index in [1.54, 1.807) is 6.07 Å². The third-order valence-electron chi connectivity index (χ3n) is 0.854. The molecule has 0 radical (unpaired) electrons. The first kappa shape index (κ1) is 7.19. The summed E-state index contributed by atoms with van der Waals surface area (Å²) in [5.74, 6) is 0. The summed E-state index contributed by atoms with van der Waals surface area (Å²) in [5.41, 5.74) is 0. The Morgan fingerprint density at radius 3 is 2.62 bits per heavy atom. The van der Waals surface area contributed by atoms with E-state index in [4.69, 9.17) is 11.6 Å². The first-order valence-electron chi connectivity index (χ1n) is 2.38. The molecule has 0 aromatic carbocycles. The molecule has 1 rings (SSSR count). The molecule has 0 N–H and O–H groups in total. The van der Waals surface area contributed by atoms with Gasteiger partial charge in [0.1, 0.15) is 0 Å². The average molecular weight is 152 g/mol. The minimum atomic E-state index is 0.607. The number of nitrogens with zero attached hydrogens (tertiary/aromatic N) is 1. The Hall–Kier alpha value is 1.08. The zero-order chi connectivity index (χ0) is 5.98. The SMILES string of the molecule is Clc1ccc[c]([K])n1. The summed E-state index contributed by atoms with van der Waals surface area (Å²) < 4.78 is 1.14. The van der Waals surface area contributed by atoms with E-state index in [0.29, 0.717) is 54.1 Å². The molecule has 1 nitrogen and oxygen atoms in total. The first-order chi connectivity index (χ1) is 3.79. The fourth-order valence-corrected chi connectivity index (χ4v) is 1.61. The minimum absolute atomic E-state index is 0.607. The van der Waals surface area contributed by atoms with Crippen molar-refractivity contribution in [1.29, 1.82) is 0 Å². The Bertz CT molecular complexity index is 172. The van der Waals surface area contributed by atoms with Gasteiger partial charge >= 0.3 is 88.7 Å². The van der Waals surface area contributed by atoms with Crippen molar-refractivity contribution < 1.29 is 0 Å². The Morgan fingerprint density at radius 2 is 2.25 bits per heavy atom. The van der Waals surface area contributed by atoms with Crippen LogP contribution in [0.1, 0.15) is 0 Å². The fourth-order valence-electron chi connectivity index (χ4n) is 0.510. The molecule has 1 heterocycles. The summed E-state index contributed by atoms with van der Waals surface area (Å²) in [4.78, 5) is 4.02. The topological polar surface area (TPSA) is 12.9 Å². The molecule has 36 valence electrons. The molecule has 0 atom stereocenters. The van der Waals surface area contributed by atoms with E-state index in [0.717, 1.165) is -0.212 Å². The van der Waals surface area contributed by atoms with Crippen molar-refractivity contribution in [3.63, 3.8) is 0 Å². The maximum atomic E-state index is 5.56. The van der Waals surface area contributed by atoms with Crippen LogP contribution in [-0.4, -0.2) is 53.9 Å². The van der Waals surface area contributed by atoms with Crippen molar-refractivity contribution in [2.45, 2.75) is 0 Å². The number of pyridine rings is 1. The summed E-state index contributed by atoms with van der Waals surface area (Å²) in [7, 11) is 0. The van der Waals surface area contributed by atoms with Crippen LogP contribution in [0.5, 0.6) is 0 Å². The molecule has 0 aliphatic rings. The maximum absolute atomic E-state index is 5.56. The summed E-state index contributed by atoms with van der Waals surface area (Å²) in [6.45, 7) is 0. The molecule has 8 heavy (non-hydrogen) atoms. The van der Waals surface area contributed by atoms with Crippen LogP contribution in [0.25, 0.3) is 0 Å². The van der Waals surface area contributed by atoms with Gasteiger partial charge in [0, 0.05) is 0 Å². The normalized spacial score (nSPS) is 9.38. The summed E-state index contributed by atoms with van der Waals surface area (Å²) in [6.07, 6.45) is 0. The van der Waals surface area contributed by atoms with E-state index >= 15 is 0 Å². The Balaban J connectivity index is 3.08. The molecule has 0 unspecified atom stereocenters. The van der Waals surface area contributed by atoms with Crippen LogP contribution >= 0.6 is 11.6 Å². The molecule has 1 aromatic heterocycles. The molecule has 3 heteroatoms. The van der Waals surface area contributed by atoms with Gasteiger partial charge in [-0.1, -0.05) is 0 Å². The Kier molecular flexibility index (Phi) is 2.96. The average Bonchev–Trinajstić information content (AvgIpc) is 1.64. The van der Waals surface area contributed by atoms with Crippen LogP contribution in [0.15, 0.2) is 18.2 Å². The molecule has 0 saturated heterocycles. The second-order valence-electron chi connectivity index (χ2n) is 1.60. The second kappa shape index (κ2) is 3.30. The molecular formula is C5H3ClKN. The number of hydrogen-bond acceptors (Lipinski definition) is 1. The van der Waals surface area contributed by atoms with Crippen molar-refractivity contribution in [3.05, 3.63) is 23.4 Å². The molecule has 0 saturated carbocycles. The van der Waals surface area contributed by atoms with Gasteiger partial charge in [0.15, 0.2) is 0 Å². The molecule has 1 aromatic rings. The molecule has 0 aliphatic heterocycles. The molecule has 0 amide bonds. The van der Waals surface area contributed by atoms with Crippen LogP contribution in [0.2, 0.25) is 5.15 Å². The van der Waals surface area contributed by atoms with Gasteiger partial charge in [-0.05, 0) is 0 Å². The van der Waals surface area contributed by atoms with Gasteiger partial charge in [-0.3, -0.25) is 0 Å². The Morgan fingerprint density at radius 1 is 1.50 bits per heavy atom. The van der Waals surface area contributed by atoms with Gasteiger partial charge in [-0.25, -0.2) is 0 Å². The zero-order valence-electron chi connectivity index (χ0n) is 4.56. The number of hydrogen-bond donors (Lipinski definition) is 0. The van der Waals surface area contributed by atoms with Crippen LogP contribution in [-0.2, 0) is 0 Å². The molecule has 0 fully saturated rings. The second-order valence-corrected chi connectivity index (χ2v) is 3.59. The van der Waals surface area contributed by atoms with Crippen molar-refractivity contribution in [3.8, 4) is 0 Å². The standard InChI is InChI=1S/C5H3ClN.K/c6-5-3-1-2-4-7-5;/h1-3H;. The summed E-state index contributed by atoms with van der Waals surface area (Å²) >= 11 is 6.21. The van der Waals surface area contributed by atoms with Gasteiger partial charge in [-0.15, -0.1) is 0 Å². The summed E-state index contributed by atoms with van der Waals surface area (Å²) in [5, 5.41) is 0.607. The van der Waals surface area contributed by atoms with Gasteiger partial charge < -0.3 is 0 Å². The molecule has 0 spiro atoms. The van der Waals surface area contributed by atoms with E-state index in [9.17, 15) is 0 Å².